The number of amides is 1. The molecule has 3 aromatic rings. The molecule has 31 heavy (non-hydrogen) atoms. The van der Waals surface area contributed by atoms with E-state index in [0.717, 1.165) is 34.7 Å². The summed E-state index contributed by atoms with van der Waals surface area (Å²) in [6, 6.07) is 13.0. The lowest BCUT2D eigenvalue weighted by molar-refractivity contribution is -0.118. The van der Waals surface area contributed by atoms with E-state index in [-0.39, 0.29) is 12.5 Å². The fourth-order valence-corrected chi connectivity index (χ4v) is 4.04. The van der Waals surface area contributed by atoms with E-state index < -0.39 is 0 Å². The molecule has 1 aromatic heterocycles. The Morgan fingerprint density at radius 3 is 2.45 bits per heavy atom. The molecule has 1 N–H and O–H groups in total. The Bertz CT molecular complexity index is 971. The molecule has 1 unspecified atom stereocenters. The van der Waals surface area contributed by atoms with Crippen LogP contribution in [-0.2, 0) is 4.79 Å². The third-order valence-corrected chi connectivity index (χ3v) is 6.00. The van der Waals surface area contributed by atoms with Crippen LogP contribution in [0.15, 0.2) is 42.5 Å². The molecule has 1 atom stereocenters. The van der Waals surface area contributed by atoms with Crippen molar-refractivity contribution in [2.24, 2.45) is 5.92 Å². The molecule has 0 saturated carbocycles. The average Bonchev–Trinajstić information content (AvgIpc) is 3.19. The van der Waals surface area contributed by atoms with Crippen LogP contribution >= 0.6 is 11.3 Å². The highest BCUT2D eigenvalue weighted by molar-refractivity contribution is 7.22. The maximum atomic E-state index is 12.2. The molecular formula is C24H30N2O4S. The van der Waals surface area contributed by atoms with Crippen LogP contribution < -0.4 is 19.5 Å². The number of anilines is 1. The quantitative estimate of drug-likeness (QED) is 0.377. The molecular weight excluding hydrogens is 412 g/mol. The largest absolute Gasteiger partial charge is 0.497 e. The zero-order valence-corrected chi connectivity index (χ0v) is 19.2. The Morgan fingerprint density at radius 1 is 1.06 bits per heavy atom. The van der Waals surface area contributed by atoms with E-state index >= 15 is 0 Å². The Balaban J connectivity index is 1.45. The first-order valence-electron chi connectivity index (χ1n) is 10.7. The van der Waals surface area contributed by atoms with E-state index in [1.54, 1.807) is 7.11 Å². The van der Waals surface area contributed by atoms with Crippen molar-refractivity contribution < 1.29 is 19.0 Å². The third kappa shape index (κ3) is 6.85. The van der Waals surface area contributed by atoms with Gasteiger partial charge in [-0.1, -0.05) is 44.4 Å². The summed E-state index contributed by atoms with van der Waals surface area (Å²) in [6.07, 6.45) is 4.77. The van der Waals surface area contributed by atoms with Crippen molar-refractivity contribution in [1.82, 2.24) is 4.98 Å². The minimum Gasteiger partial charge on any atom is -0.497 e. The second-order valence-electron chi connectivity index (χ2n) is 7.39. The van der Waals surface area contributed by atoms with Gasteiger partial charge in [0.2, 0.25) is 0 Å². The van der Waals surface area contributed by atoms with E-state index in [2.05, 4.69) is 24.1 Å². The molecule has 6 nitrogen and oxygen atoms in total. The maximum absolute atomic E-state index is 12.2. The van der Waals surface area contributed by atoms with Crippen LogP contribution in [0, 0.1) is 5.92 Å². The summed E-state index contributed by atoms with van der Waals surface area (Å²) in [5.41, 5.74) is 0.817. The predicted octanol–water partition coefficient (Wildman–Crippen LogP) is 5.92. The number of methoxy groups -OCH3 is 1. The average molecular weight is 443 g/mol. The lowest BCUT2D eigenvalue weighted by Crippen LogP contribution is -2.20. The summed E-state index contributed by atoms with van der Waals surface area (Å²) in [6.45, 7) is 5.06. The normalized spacial score (nSPS) is 11.8. The number of aromatic nitrogens is 1. The molecule has 0 aliphatic carbocycles. The number of benzene rings is 2. The molecule has 0 spiro atoms. The van der Waals surface area contributed by atoms with Crippen molar-refractivity contribution in [3.05, 3.63) is 42.5 Å². The van der Waals surface area contributed by atoms with Gasteiger partial charge in [-0.25, -0.2) is 4.98 Å². The number of carbonyl (C=O) groups is 1. The number of hydrogen-bond acceptors (Lipinski definition) is 6. The topological polar surface area (TPSA) is 69.7 Å². The van der Waals surface area contributed by atoms with Gasteiger partial charge in [0, 0.05) is 0 Å². The number of thiazole rings is 1. The van der Waals surface area contributed by atoms with Crippen LogP contribution in [0.1, 0.15) is 39.5 Å². The van der Waals surface area contributed by atoms with Gasteiger partial charge in [0.1, 0.15) is 17.2 Å². The number of fused-ring (bicyclic) bond motifs is 1. The molecule has 166 valence electrons. The summed E-state index contributed by atoms with van der Waals surface area (Å²) in [5, 5.41) is 3.32. The SMILES string of the molecule is CCCCC(CC)COc1ccc(OCC(=O)Nc2nc3ccc(OC)cc3s2)cc1. The molecule has 0 fully saturated rings. The Morgan fingerprint density at radius 2 is 1.77 bits per heavy atom. The van der Waals surface area contributed by atoms with Crippen molar-refractivity contribution >= 4 is 32.6 Å². The van der Waals surface area contributed by atoms with Gasteiger partial charge in [-0.3, -0.25) is 10.1 Å². The highest BCUT2D eigenvalue weighted by Crippen LogP contribution is 2.29. The first-order valence-corrected chi connectivity index (χ1v) is 11.5. The van der Waals surface area contributed by atoms with Crippen molar-refractivity contribution in [1.29, 1.82) is 0 Å². The van der Waals surface area contributed by atoms with Gasteiger partial charge >= 0.3 is 0 Å². The van der Waals surface area contributed by atoms with E-state index in [0.29, 0.717) is 16.8 Å². The summed E-state index contributed by atoms with van der Waals surface area (Å²) < 4.78 is 17.7. The predicted molar refractivity (Wildman–Crippen MR) is 126 cm³/mol. The van der Waals surface area contributed by atoms with Crippen LogP contribution in [0.25, 0.3) is 10.2 Å². The zero-order chi connectivity index (χ0) is 22.1. The number of rotatable bonds is 12. The fraction of sp³-hybridized carbons (Fsp3) is 0.417. The molecule has 7 heteroatoms. The fourth-order valence-electron chi connectivity index (χ4n) is 3.13. The Kier molecular flexibility index (Phi) is 8.53. The molecule has 0 radical (unpaired) electrons. The summed E-state index contributed by atoms with van der Waals surface area (Å²) in [7, 11) is 1.62. The van der Waals surface area contributed by atoms with Crippen LogP contribution in [0.5, 0.6) is 17.2 Å². The number of ether oxygens (including phenoxy) is 3. The molecule has 1 amide bonds. The summed E-state index contributed by atoms with van der Waals surface area (Å²) >= 11 is 1.40. The highest BCUT2D eigenvalue weighted by atomic mass is 32.1. The van der Waals surface area contributed by atoms with Crippen LogP contribution in [0.3, 0.4) is 0 Å². The molecule has 2 aromatic carbocycles. The first-order chi connectivity index (χ1) is 15.1. The first kappa shape index (κ1) is 22.9. The molecule has 1 heterocycles. The van der Waals surface area contributed by atoms with Gasteiger partial charge in [0.25, 0.3) is 5.91 Å². The van der Waals surface area contributed by atoms with Crippen LogP contribution in [0.2, 0.25) is 0 Å². The number of nitrogens with zero attached hydrogens (tertiary/aromatic N) is 1. The van der Waals surface area contributed by atoms with Gasteiger partial charge in [-0.15, -0.1) is 0 Å². The lowest BCUT2D eigenvalue weighted by Gasteiger charge is -2.15. The lowest BCUT2D eigenvalue weighted by atomic mass is 10.0. The highest BCUT2D eigenvalue weighted by Gasteiger charge is 2.10. The van der Waals surface area contributed by atoms with Gasteiger partial charge in [-0.05, 0) is 54.8 Å². The molecule has 0 saturated heterocycles. The minimum absolute atomic E-state index is 0.0889. The van der Waals surface area contributed by atoms with Crippen molar-refractivity contribution in [3.8, 4) is 17.2 Å². The van der Waals surface area contributed by atoms with Crippen molar-refractivity contribution in [3.63, 3.8) is 0 Å². The number of hydrogen-bond donors (Lipinski definition) is 1. The monoisotopic (exact) mass is 442 g/mol. The van der Waals surface area contributed by atoms with Gasteiger partial charge in [0.05, 0.1) is 23.9 Å². The summed E-state index contributed by atoms with van der Waals surface area (Å²) in [4.78, 5) is 16.6. The number of nitrogens with one attached hydrogen (secondary N) is 1. The second kappa shape index (κ2) is 11.6. The van der Waals surface area contributed by atoms with E-state index in [1.807, 2.05) is 42.5 Å². The minimum atomic E-state index is -0.256. The smallest absolute Gasteiger partial charge is 0.264 e. The van der Waals surface area contributed by atoms with E-state index in [9.17, 15) is 4.79 Å². The van der Waals surface area contributed by atoms with Gasteiger partial charge in [-0.2, -0.15) is 0 Å². The third-order valence-electron chi connectivity index (χ3n) is 5.06. The number of unbranched alkanes of at least 4 members (excludes halogenated alkanes) is 1. The number of carbonyl (C=O) groups excluding carboxylic acids is 1. The van der Waals surface area contributed by atoms with Crippen LogP contribution in [0.4, 0.5) is 5.13 Å². The van der Waals surface area contributed by atoms with E-state index in [1.165, 1.54) is 30.6 Å². The molecule has 0 aliphatic heterocycles. The van der Waals surface area contributed by atoms with Gasteiger partial charge < -0.3 is 14.2 Å². The molecule has 0 aliphatic rings. The van der Waals surface area contributed by atoms with E-state index in [4.69, 9.17) is 14.2 Å². The van der Waals surface area contributed by atoms with Gasteiger partial charge in [0.15, 0.2) is 11.7 Å². The molecule has 0 bridgehead atoms. The van der Waals surface area contributed by atoms with Crippen LogP contribution in [-0.4, -0.2) is 31.2 Å². The zero-order valence-electron chi connectivity index (χ0n) is 18.3. The molecule has 3 rings (SSSR count). The Hall–Kier alpha value is -2.80. The Labute approximate surface area is 187 Å². The second-order valence-corrected chi connectivity index (χ2v) is 8.42. The standard InChI is InChI=1S/C24H30N2O4S/c1-4-6-7-17(5-2)15-29-18-8-10-19(11-9-18)30-16-23(27)26-24-25-21-13-12-20(28-3)14-22(21)31-24/h8-14,17H,4-7,15-16H2,1-3H3,(H,25,26,27). The van der Waals surface area contributed by atoms with Crippen molar-refractivity contribution in [2.45, 2.75) is 39.5 Å². The van der Waals surface area contributed by atoms with Crippen molar-refractivity contribution in [2.75, 3.05) is 25.6 Å². The summed E-state index contributed by atoms with van der Waals surface area (Å²) in [5.74, 6) is 2.53. The maximum Gasteiger partial charge on any atom is 0.264 e.